The zero-order chi connectivity index (χ0) is 20.3. The van der Waals surface area contributed by atoms with E-state index in [4.69, 9.17) is 5.11 Å². The first-order valence-electron chi connectivity index (χ1n) is 10.9. The smallest absolute Gasteiger partial charge is 0.303 e. The number of aliphatic hydroxyl groups excluding tert-OH is 1. The van der Waals surface area contributed by atoms with Gasteiger partial charge in [0.2, 0.25) is 0 Å². The summed E-state index contributed by atoms with van der Waals surface area (Å²) in [4.78, 5) is 10.3. The van der Waals surface area contributed by atoms with Gasteiger partial charge in [0, 0.05) is 6.42 Å². The molecule has 2 N–H and O–H groups in total. The first-order valence-corrected chi connectivity index (χ1v) is 10.9. The van der Waals surface area contributed by atoms with Gasteiger partial charge in [-0.2, -0.15) is 0 Å². The van der Waals surface area contributed by atoms with Crippen molar-refractivity contribution in [1.82, 2.24) is 0 Å². The molecule has 0 aliphatic heterocycles. The highest BCUT2D eigenvalue weighted by Crippen LogP contribution is 2.14. The van der Waals surface area contributed by atoms with Gasteiger partial charge in [0.1, 0.15) is 0 Å². The molecule has 0 aromatic rings. The highest BCUT2D eigenvalue weighted by molar-refractivity contribution is 5.66. The summed E-state index contributed by atoms with van der Waals surface area (Å²) in [6.07, 6.45) is 16.3. The van der Waals surface area contributed by atoms with Crippen molar-refractivity contribution in [2.24, 2.45) is 0 Å². The summed E-state index contributed by atoms with van der Waals surface area (Å²) >= 11 is 0. The molecule has 1 unspecified atom stereocenters. The predicted molar refractivity (Wildman–Crippen MR) is 113 cm³/mol. The van der Waals surface area contributed by atoms with Gasteiger partial charge in [-0.3, -0.25) is 4.79 Å². The standard InChI is InChI=1S/C18H36O3.C4H12N/c1-2-3-4-11-14-17(19)15-12-9-7-5-6-8-10-13-16-18(20)21;1-5(2,3)4/h17,19H,2-16H2,1H3,(H,20,21);1-4H3/q;+1. The lowest BCUT2D eigenvalue weighted by molar-refractivity contribution is -0.849. The Balaban J connectivity index is 0. The number of nitrogens with zero attached hydrogens (tertiary/aromatic N) is 1. The fourth-order valence-corrected chi connectivity index (χ4v) is 2.67. The number of carboxylic acids is 1. The predicted octanol–water partition coefficient (Wildman–Crippen LogP) is 5.63. The van der Waals surface area contributed by atoms with Crippen LogP contribution in [0.15, 0.2) is 0 Å². The summed E-state index contributed by atoms with van der Waals surface area (Å²) in [6, 6.07) is 0. The SMILES string of the molecule is CCCCCCC(O)CCCCCCCCCCC(=O)O.C[N+](C)(C)C. The Bertz CT molecular complexity index is 294. The normalized spacial score (nSPS) is 12.4. The molecule has 0 aromatic carbocycles. The average Bonchev–Trinajstić information content (AvgIpc) is 2.51. The number of quaternary nitrogens is 1. The van der Waals surface area contributed by atoms with E-state index in [0.717, 1.165) is 43.0 Å². The molecule has 0 aliphatic rings. The van der Waals surface area contributed by atoms with E-state index in [1.54, 1.807) is 0 Å². The third-order valence-electron chi connectivity index (χ3n) is 4.07. The van der Waals surface area contributed by atoms with Crippen LogP contribution in [0.25, 0.3) is 0 Å². The molecule has 0 spiro atoms. The van der Waals surface area contributed by atoms with Crippen molar-refractivity contribution in [2.45, 2.75) is 109 Å². The van der Waals surface area contributed by atoms with Crippen molar-refractivity contribution in [3.8, 4) is 0 Å². The van der Waals surface area contributed by atoms with Gasteiger partial charge in [0.05, 0.1) is 34.3 Å². The van der Waals surface area contributed by atoms with Crippen LogP contribution in [-0.2, 0) is 4.79 Å². The molecule has 0 heterocycles. The number of carboxylic acid groups (broad SMARTS) is 1. The van der Waals surface area contributed by atoms with E-state index in [0.29, 0.717) is 6.42 Å². The maximum Gasteiger partial charge on any atom is 0.303 e. The minimum absolute atomic E-state index is 0.0853. The summed E-state index contributed by atoms with van der Waals surface area (Å²) < 4.78 is 1.00. The molecule has 1 atom stereocenters. The lowest BCUT2D eigenvalue weighted by Gasteiger charge is -2.14. The van der Waals surface area contributed by atoms with Crippen molar-refractivity contribution in [3.63, 3.8) is 0 Å². The Morgan fingerprint density at radius 3 is 1.46 bits per heavy atom. The maximum absolute atomic E-state index is 10.3. The van der Waals surface area contributed by atoms with Crippen LogP contribution >= 0.6 is 0 Å². The maximum atomic E-state index is 10.3. The lowest BCUT2D eigenvalue weighted by Crippen LogP contribution is -2.27. The second-order valence-electron chi connectivity index (χ2n) is 8.95. The number of unbranched alkanes of at least 4 members (excludes halogenated alkanes) is 10. The van der Waals surface area contributed by atoms with E-state index >= 15 is 0 Å². The van der Waals surface area contributed by atoms with Gasteiger partial charge >= 0.3 is 5.97 Å². The second kappa shape index (κ2) is 19.2. The number of hydrogen-bond donors (Lipinski definition) is 2. The van der Waals surface area contributed by atoms with Gasteiger partial charge in [-0.25, -0.2) is 0 Å². The number of aliphatic carboxylic acids is 1. The first-order chi connectivity index (χ1) is 12.2. The highest BCUT2D eigenvalue weighted by atomic mass is 16.4. The minimum Gasteiger partial charge on any atom is -0.481 e. The lowest BCUT2D eigenvalue weighted by atomic mass is 10.0. The summed E-state index contributed by atoms with van der Waals surface area (Å²) in [6.45, 7) is 2.21. The molecule has 0 radical (unpaired) electrons. The fourth-order valence-electron chi connectivity index (χ4n) is 2.67. The Morgan fingerprint density at radius 1 is 0.731 bits per heavy atom. The number of hydrogen-bond acceptors (Lipinski definition) is 2. The topological polar surface area (TPSA) is 57.5 Å². The monoisotopic (exact) mass is 374 g/mol. The molecular weight excluding hydrogens is 326 g/mol. The van der Waals surface area contributed by atoms with Gasteiger partial charge in [0.15, 0.2) is 0 Å². The molecule has 158 valence electrons. The van der Waals surface area contributed by atoms with Crippen LogP contribution < -0.4 is 0 Å². The third kappa shape index (κ3) is 34.7. The van der Waals surface area contributed by atoms with E-state index in [-0.39, 0.29) is 6.10 Å². The minimum atomic E-state index is -0.678. The highest BCUT2D eigenvalue weighted by Gasteiger charge is 2.03. The molecule has 0 bridgehead atoms. The molecule has 0 aromatic heterocycles. The second-order valence-corrected chi connectivity index (χ2v) is 8.95. The zero-order valence-corrected chi connectivity index (χ0v) is 18.4. The van der Waals surface area contributed by atoms with Crippen molar-refractivity contribution in [3.05, 3.63) is 0 Å². The van der Waals surface area contributed by atoms with Crippen molar-refractivity contribution >= 4 is 5.97 Å². The van der Waals surface area contributed by atoms with Crippen LogP contribution in [0, 0.1) is 0 Å². The Labute approximate surface area is 163 Å². The van der Waals surface area contributed by atoms with E-state index < -0.39 is 5.97 Å². The summed E-state index contributed by atoms with van der Waals surface area (Å²) in [5, 5.41) is 18.4. The van der Waals surface area contributed by atoms with Crippen molar-refractivity contribution in [1.29, 1.82) is 0 Å². The van der Waals surface area contributed by atoms with Crippen molar-refractivity contribution in [2.75, 3.05) is 28.2 Å². The zero-order valence-electron chi connectivity index (χ0n) is 18.4. The van der Waals surface area contributed by atoms with E-state index in [1.807, 2.05) is 0 Å². The van der Waals surface area contributed by atoms with Crippen LogP contribution in [0.5, 0.6) is 0 Å². The van der Waals surface area contributed by atoms with E-state index in [9.17, 15) is 9.90 Å². The first kappa shape index (κ1) is 27.6. The molecule has 0 saturated carbocycles. The number of carbonyl (C=O) groups is 1. The molecule has 0 saturated heterocycles. The quantitative estimate of drug-likeness (QED) is 0.272. The molecule has 26 heavy (non-hydrogen) atoms. The van der Waals surface area contributed by atoms with Gasteiger partial charge in [-0.05, 0) is 19.3 Å². The van der Waals surface area contributed by atoms with E-state index in [1.165, 1.54) is 51.4 Å². The van der Waals surface area contributed by atoms with Crippen LogP contribution in [0.4, 0.5) is 0 Å². The Morgan fingerprint density at radius 2 is 1.08 bits per heavy atom. The Kier molecular flexibility index (Phi) is 20.3. The Hall–Kier alpha value is -0.610. The molecule has 0 rings (SSSR count). The van der Waals surface area contributed by atoms with Crippen LogP contribution in [0.1, 0.15) is 103 Å². The van der Waals surface area contributed by atoms with E-state index in [2.05, 4.69) is 35.1 Å². The van der Waals surface area contributed by atoms with Gasteiger partial charge in [-0.15, -0.1) is 0 Å². The van der Waals surface area contributed by atoms with Gasteiger partial charge in [0.25, 0.3) is 0 Å². The average molecular weight is 375 g/mol. The van der Waals surface area contributed by atoms with Crippen LogP contribution in [-0.4, -0.2) is 55.0 Å². The van der Waals surface area contributed by atoms with Gasteiger partial charge < -0.3 is 14.7 Å². The van der Waals surface area contributed by atoms with Crippen LogP contribution in [0.3, 0.4) is 0 Å². The molecule has 4 nitrogen and oxygen atoms in total. The summed E-state index contributed by atoms with van der Waals surface area (Å²) in [5.74, 6) is -0.678. The molecule has 0 aliphatic carbocycles. The van der Waals surface area contributed by atoms with Gasteiger partial charge in [-0.1, -0.05) is 77.6 Å². The fraction of sp³-hybridized carbons (Fsp3) is 0.955. The van der Waals surface area contributed by atoms with Crippen LogP contribution in [0.2, 0.25) is 0 Å². The number of aliphatic hydroxyl groups is 1. The molecular formula is C22H48NO3+. The largest absolute Gasteiger partial charge is 0.481 e. The molecule has 0 amide bonds. The molecule has 4 heteroatoms. The molecule has 0 fully saturated rings. The van der Waals surface area contributed by atoms with Crippen molar-refractivity contribution < 1.29 is 19.5 Å². The number of rotatable bonds is 16. The summed E-state index contributed by atoms with van der Waals surface area (Å²) in [5.41, 5.74) is 0. The summed E-state index contributed by atoms with van der Waals surface area (Å²) in [7, 11) is 8.50. The third-order valence-corrected chi connectivity index (χ3v) is 4.07.